The second kappa shape index (κ2) is 18.3. The molecule has 0 N–H and O–H groups in total. The van der Waals surface area contributed by atoms with Gasteiger partial charge in [0.25, 0.3) is 0 Å². The summed E-state index contributed by atoms with van der Waals surface area (Å²) in [6.07, 6.45) is 0.909. The van der Waals surface area contributed by atoms with Crippen molar-refractivity contribution in [2.75, 3.05) is 9.80 Å². The van der Waals surface area contributed by atoms with Gasteiger partial charge in [-0.15, -0.1) is 0 Å². The number of aryl methyl sites for hydroxylation is 1. The fourth-order valence-electron chi connectivity index (χ4n) is 15.0. The number of aromatic nitrogens is 2. The summed E-state index contributed by atoms with van der Waals surface area (Å²) < 4.78 is 5.11. The largest absolute Gasteiger partial charge is 0.310 e. The first-order valence-corrected chi connectivity index (χ1v) is 29.6. The Balaban J connectivity index is 0.782. The van der Waals surface area contributed by atoms with E-state index in [9.17, 15) is 0 Å². The summed E-state index contributed by atoms with van der Waals surface area (Å²) in [5.41, 5.74) is 29.5. The van der Waals surface area contributed by atoms with E-state index in [0.717, 1.165) is 34.9 Å². The maximum Gasteiger partial charge on any atom is 0.0620 e. The summed E-state index contributed by atoms with van der Waals surface area (Å²) in [6.45, 7) is 4.47. The van der Waals surface area contributed by atoms with Gasteiger partial charge in [0.15, 0.2) is 0 Å². The van der Waals surface area contributed by atoms with E-state index in [-0.39, 0.29) is 0 Å². The Labute approximate surface area is 492 Å². The van der Waals surface area contributed by atoms with Crippen LogP contribution in [0.1, 0.15) is 22.3 Å². The van der Waals surface area contributed by atoms with E-state index in [1.165, 1.54) is 149 Å². The molecule has 0 saturated carbocycles. The Morgan fingerprint density at radius 3 is 1.32 bits per heavy atom. The minimum absolute atomic E-state index is 0.909. The fraction of sp³-hybridized carbons (Fsp3) is 0.0370. The fourth-order valence-corrected chi connectivity index (χ4v) is 15.0. The number of nitrogens with zero attached hydrogens (tertiary/aromatic N) is 4. The van der Waals surface area contributed by atoms with Crippen LogP contribution < -0.4 is 9.80 Å². The van der Waals surface area contributed by atoms with Gasteiger partial charge in [-0.2, -0.15) is 0 Å². The molecule has 18 rings (SSSR count). The predicted molar refractivity (Wildman–Crippen MR) is 359 cm³/mol. The first kappa shape index (κ1) is 47.7. The molecule has 0 radical (unpaired) electrons. The van der Waals surface area contributed by atoms with Gasteiger partial charge in [0.2, 0.25) is 0 Å². The highest BCUT2D eigenvalue weighted by molar-refractivity contribution is 6.31. The van der Waals surface area contributed by atoms with Gasteiger partial charge < -0.3 is 18.6 Å². The highest BCUT2D eigenvalue weighted by atomic mass is 15.2. The number of anilines is 6. The smallest absolute Gasteiger partial charge is 0.0620 e. The standard InChI is InChI=1S/C81H54N4/c1-50-21-9-11-31-59(50)60-33-17-41-72(51(60)2)82(55-25-5-3-6-26-55)57-29-13-23-52(45-57)62-34-18-43-74-78(62)67-39-15-37-65-70-49-77-71(48-76(70)84(74)80(65)67)66-38-16-40-68-79-63(35-19-44-75(79)85(77)81(66)68)53-24-14-30-58(46-53)83(56-27-7-4-8-28-56)73-42-20-36-64-61-32-12-10-22-54(61)47-69(64)73/h3-46,48-49H,47H2,1-2H3. The zero-order valence-electron chi connectivity index (χ0n) is 47.1. The number of hydrogen-bond acceptors (Lipinski definition) is 2. The van der Waals surface area contributed by atoms with E-state index in [2.05, 4.69) is 312 Å². The second-order valence-electron chi connectivity index (χ2n) is 23.2. The molecule has 4 heterocycles. The van der Waals surface area contributed by atoms with Crippen molar-refractivity contribution >= 4 is 110 Å². The summed E-state index contributed by atoms with van der Waals surface area (Å²) in [7, 11) is 0. The molecule has 1 aliphatic rings. The number of fused-ring (bicyclic) bond motifs is 15. The van der Waals surface area contributed by atoms with Gasteiger partial charge in [0, 0.05) is 77.9 Å². The second-order valence-corrected chi connectivity index (χ2v) is 23.2. The van der Waals surface area contributed by atoms with Crippen molar-refractivity contribution in [3.05, 3.63) is 301 Å². The van der Waals surface area contributed by atoms with Gasteiger partial charge in [0.1, 0.15) is 0 Å². The van der Waals surface area contributed by atoms with E-state index in [0.29, 0.717) is 0 Å². The van der Waals surface area contributed by atoms with E-state index in [1.54, 1.807) is 0 Å². The third kappa shape index (κ3) is 6.91. The minimum Gasteiger partial charge on any atom is -0.310 e. The van der Waals surface area contributed by atoms with Gasteiger partial charge in [-0.05, 0) is 166 Å². The lowest BCUT2D eigenvalue weighted by molar-refractivity contribution is 1.20. The number of hydrogen-bond donors (Lipinski definition) is 0. The summed E-state index contributed by atoms with van der Waals surface area (Å²) in [5, 5.41) is 10.1. The molecular formula is C81H54N4. The van der Waals surface area contributed by atoms with Crippen molar-refractivity contribution in [2.45, 2.75) is 20.3 Å². The maximum absolute atomic E-state index is 2.56. The number of para-hydroxylation sites is 4. The van der Waals surface area contributed by atoms with Gasteiger partial charge in [-0.3, -0.25) is 0 Å². The third-order valence-corrected chi connectivity index (χ3v) is 18.7. The molecule has 0 bridgehead atoms. The van der Waals surface area contributed by atoms with Crippen LogP contribution in [0.15, 0.2) is 279 Å². The highest BCUT2D eigenvalue weighted by Gasteiger charge is 2.28. The van der Waals surface area contributed by atoms with Gasteiger partial charge in [0.05, 0.1) is 38.8 Å². The monoisotopic (exact) mass is 1080 g/mol. The average molecular weight is 1080 g/mol. The van der Waals surface area contributed by atoms with Crippen molar-refractivity contribution in [1.29, 1.82) is 0 Å². The highest BCUT2D eigenvalue weighted by Crippen LogP contribution is 2.51. The predicted octanol–water partition coefficient (Wildman–Crippen LogP) is 22.1. The SMILES string of the molecule is Cc1ccccc1-c1cccc(N(c2ccccc2)c2cccc(-c3cccc4c3c3cccc5c6cc7c(cc6n4c53)c3cccc4c5c(-c6cccc(N(c8ccccc8)c8cccc9c8Cc8ccccc8-9)c6)cccc5n7c34)c2)c1C. The van der Waals surface area contributed by atoms with E-state index >= 15 is 0 Å². The Morgan fingerprint density at radius 2 is 0.729 bits per heavy atom. The maximum atomic E-state index is 2.56. The molecule has 4 aromatic heterocycles. The summed E-state index contributed by atoms with van der Waals surface area (Å²) in [5.74, 6) is 0. The van der Waals surface area contributed by atoms with Crippen LogP contribution in [0.2, 0.25) is 0 Å². The van der Waals surface area contributed by atoms with Crippen molar-refractivity contribution < 1.29 is 0 Å². The lowest BCUT2D eigenvalue weighted by Gasteiger charge is -2.28. The lowest BCUT2D eigenvalue weighted by atomic mass is 9.94. The summed E-state index contributed by atoms with van der Waals surface area (Å²) in [6, 6.07) is 104. The Kier molecular flexibility index (Phi) is 10.3. The lowest BCUT2D eigenvalue weighted by Crippen LogP contribution is -2.12. The van der Waals surface area contributed by atoms with Gasteiger partial charge in [-0.1, -0.05) is 194 Å². The molecule has 0 fully saturated rings. The van der Waals surface area contributed by atoms with Crippen LogP contribution in [0.3, 0.4) is 0 Å². The van der Waals surface area contributed by atoms with Crippen LogP contribution in [0, 0.1) is 13.8 Å². The number of rotatable bonds is 9. The van der Waals surface area contributed by atoms with Gasteiger partial charge >= 0.3 is 0 Å². The van der Waals surface area contributed by atoms with Crippen molar-refractivity contribution in [1.82, 2.24) is 8.80 Å². The molecule has 1 aliphatic carbocycles. The molecule has 0 unspecified atom stereocenters. The van der Waals surface area contributed by atoms with Crippen LogP contribution in [0.25, 0.3) is 121 Å². The Bertz CT molecular complexity index is 5550. The van der Waals surface area contributed by atoms with Crippen LogP contribution in [0.5, 0.6) is 0 Å². The third-order valence-electron chi connectivity index (χ3n) is 18.7. The average Bonchev–Trinajstić information content (AvgIpc) is 1.69. The van der Waals surface area contributed by atoms with E-state index in [4.69, 9.17) is 0 Å². The molecular weight excluding hydrogens is 1030 g/mol. The zero-order valence-corrected chi connectivity index (χ0v) is 47.1. The summed E-state index contributed by atoms with van der Waals surface area (Å²) in [4.78, 5) is 4.89. The van der Waals surface area contributed by atoms with E-state index < -0.39 is 0 Å². The first-order chi connectivity index (χ1) is 42.0. The van der Waals surface area contributed by atoms with Crippen LogP contribution >= 0.6 is 0 Å². The Hall–Kier alpha value is -10.9. The van der Waals surface area contributed by atoms with Crippen LogP contribution in [-0.2, 0) is 6.42 Å². The molecule has 0 spiro atoms. The first-order valence-electron chi connectivity index (χ1n) is 29.6. The molecule has 13 aromatic carbocycles. The number of benzene rings is 13. The molecule has 0 aliphatic heterocycles. The van der Waals surface area contributed by atoms with Crippen LogP contribution in [-0.4, -0.2) is 8.80 Å². The quantitative estimate of drug-likeness (QED) is 0.143. The van der Waals surface area contributed by atoms with E-state index in [1.807, 2.05) is 0 Å². The topological polar surface area (TPSA) is 15.3 Å². The molecule has 4 heteroatoms. The molecule has 17 aromatic rings. The molecule has 4 nitrogen and oxygen atoms in total. The molecule has 0 saturated heterocycles. The zero-order chi connectivity index (χ0) is 56.0. The molecule has 398 valence electrons. The van der Waals surface area contributed by atoms with Crippen molar-refractivity contribution in [3.63, 3.8) is 0 Å². The summed E-state index contributed by atoms with van der Waals surface area (Å²) >= 11 is 0. The molecule has 0 atom stereocenters. The van der Waals surface area contributed by atoms with Crippen molar-refractivity contribution in [3.8, 4) is 44.5 Å². The normalized spacial score (nSPS) is 12.3. The Morgan fingerprint density at radius 1 is 0.294 bits per heavy atom. The molecule has 85 heavy (non-hydrogen) atoms. The van der Waals surface area contributed by atoms with Gasteiger partial charge in [-0.25, -0.2) is 0 Å². The van der Waals surface area contributed by atoms with Crippen LogP contribution in [0.4, 0.5) is 34.1 Å². The molecule has 0 amide bonds. The minimum atomic E-state index is 0.909. The van der Waals surface area contributed by atoms with Crippen molar-refractivity contribution in [2.24, 2.45) is 0 Å².